The zero-order chi connectivity index (χ0) is 18.4. The molecule has 3 amide bonds. The minimum Gasteiger partial charge on any atom is -0.497 e. The summed E-state index contributed by atoms with van der Waals surface area (Å²) in [5, 5.41) is 3.04. The van der Waals surface area contributed by atoms with Crippen molar-refractivity contribution in [2.75, 3.05) is 26.7 Å². The van der Waals surface area contributed by atoms with Gasteiger partial charge < -0.3 is 19.9 Å². The highest BCUT2D eigenvalue weighted by Gasteiger charge is 2.28. The smallest absolute Gasteiger partial charge is 0.317 e. The van der Waals surface area contributed by atoms with Crippen molar-refractivity contribution >= 4 is 11.9 Å². The van der Waals surface area contributed by atoms with Gasteiger partial charge in [-0.05, 0) is 49.8 Å². The number of rotatable bonds is 6. The second kappa shape index (κ2) is 8.92. The van der Waals surface area contributed by atoms with E-state index in [0.29, 0.717) is 13.0 Å². The number of hydrogen-bond donors (Lipinski definition) is 1. The van der Waals surface area contributed by atoms with E-state index < -0.39 is 0 Å². The van der Waals surface area contributed by atoms with E-state index in [-0.39, 0.29) is 18.0 Å². The molecule has 2 saturated heterocycles. The van der Waals surface area contributed by atoms with Gasteiger partial charge in [0.15, 0.2) is 0 Å². The Morgan fingerprint density at radius 2 is 2.00 bits per heavy atom. The van der Waals surface area contributed by atoms with Crippen LogP contribution in [0.4, 0.5) is 4.79 Å². The van der Waals surface area contributed by atoms with Crippen molar-refractivity contribution in [1.82, 2.24) is 15.1 Å². The highest BCUT2D eigenvalue weighted by Crippen LogP contribution is 2.21. The Morgan fingerprint density at radius 3 is 2.69 bits per heavy atom. The number of nitrogens with zero attached hydrogens (tertiary/aromatic N) is 2. The number of benzene rings is 1. The van der Waals surface area contributed by atoms with Crippen molar-refractivity contribution in [3.8, 4) is 5.75 Å². The van der Waals surface area contributed by atoms with Crippen LogP contribution in [0.15, 0.2) is 24.3 Å². The summed E-state index contributed by atoms with van der Waals surface area (Å²) in [6.45, 7) is 2.95. The van der Waals surface area contributed by atoms with Crippen LogP contribution in [0.1, 0.15) is 44.1 Å². The van der Waals surface area contributed by atoms with Crippen molar-refractivity contribution in [2.45, 2.75) is 51.1 Å². The summed E-state index contributed by atoms with van der Waals surface area (Å²) in [6.07, 6.45) is 5.75. The van der Waals surface area contributed by atoms with Crippen LogP contribution in [0.5, 0.6) is 5.75 Å². The van der Waals surface area contributed by atoms with Crippen LogP contribution in [0, 0.1) is 0 Å². The van der Waals surface area contributed by atoms with Crippen molar-refractivity contribution in [1.29, 1.82) is 0 Å². The maximum absolute atomic E-state index is 12.7. The minimum absolute atomic E-state index is 0.00161. The molecule has 0 aromatic heterocycles. The summed E-state index contributed by atoms with van der Waals surface area (Å²) < 4.78 is 5.16. The first kappa shape index (κ1) is 18.5. The molecule has 1 atom stereocenters. The molecule has 1 aromatic carbocycles. The lowest BCUT2D eigenvalue weighted by molar-refractivity contribution is -0.127. The van der Waals surface area contributed by atoms with Crippen LogP contribution in [0.2, 0.25) is 0 Å². The Balaban J connectivity index is 1.50. The van der Waals surface area contributed by atoms with Crippen LogP contribution in [-0.2, 0) is 11.3 Å². The average Bonchev–Trinajstić information content (AvgIpc) is 3.10. The molecule has 0 bridgehead atoms. The Bertz CT molecular complexity index is 617. The van der Waals surface area contributed by atoms with Gasteiger partial charge in [0.25, 0.3) is 0 Å². The molecule has 2 fully saturated rings. The Labute approximate surface area is 155 Å². The number of ether oxygens (including phenoxy) is 1. The standard InChI is InChI=1S/C20H29N3O3/c1-26-18-9-7-16(8-10-18)15-21-20(25)23-13-3-2-5-17(23)11-14-22-12-4-6-19(22)24/h7-10,17H,2-6,11-15H2,1H3,(H,21,25). The quantitative estimate of drug-likeness (QED) is 0.849. The first-order chi connectivity index (χ1) is 12.7. The minimum atomic E-state index is -0.00161. The molecule has 26 heavy (non-hydrogen) atoms. The summed E-state index contributed by atoms with van der Waals surface area (Å²) in [4.78, 5) is 28.4. The van der Waals surface area contributed by atoms with Gasteiger partial charge in [0.1, 0.15) is 5.75 Å². The topological polar surface area (TPSA) is 61.9 Å². The van der Waals surface area contributed by atoms with E-state index >= 15 is 0 Å². The molecule has 0 spiro atoms. The molecule has 2 heterocycles. The van der Waals surface area contributed by atoms with Gasteiger partial charge in [0.2, 0.25) is 5.91 Å². The fourth-order valence-electron chi connectivity index (χ4n) is 3.84. The highest BCUT2D eigenvalue weighted by atomic mass is 16.5. The van der Waals surface area contributed by atoms with E-state index in [1.54, 1.807) is 7.11 Å². The van der Waals surface area contributed by atoms with Gasteiger partial charge in [-0.3, -0.25) is 4.79 Å². The largest absolute Gasteiger partial charge is 0.497 e. The van der Waals surface area contributed by atoms with Crippen molar-refractivity contribution < 1.29 is 14.3 Å². The number of methoxy groups -OCH3 is 1. The number of hydrogen-bond acceptors (Lipinski definition) is 3. The molecule has 0 saturated carbocycles. The molecule has 1 unspecified atom stereocenters. The zero-order valence-electron chi connectivity index (χ0n) is 15.6. The third-order valence-corrected chi connectivity index (χ3v) is 5.39. The lowest BCUT2D eigenvalue weighted by Gasteiger charge is -2.36. The van der Waals surface area contributed by atoms with Gasteiger partial charge in [0.05, 0.1) is 7.11 Å². The number of amides is 3. The van der Waals surface area contributed by atoms with Gasteiger partial charge in [0, 0.05) is 38.6 Å². The van der Waals surface area contributed by atoms with Gasteiger partial charge in [-0.1, -0.05) is 12.1 Å². The molecule has 3 rings (SSSR count). The van der Waals surface area contributed by atoms with Gasteiger partial charge in [-0.15, -0.1) is 0 Å². The number of carbonyl (C=O) groups excluding carboxylic acids is 2. The van der Waals surface area contributed by atoms with Crippen molar-refractivity contribution in [3.05, 3.63) is 29.8 Å². The average molecular weight is 359 g/mol. The van der Waals surface area contributed by atoms with E-state index in [2.05, 4.69) is 5.32 Å². The highest BCUT2D eigenvalue weighted by molar-refractivity contribution is 5.78. The maximum Gasteiger partial charge on any atom is 0.317 e. The summed E-state index contributed by atoms with van der Waals surface area (Å²) in [6, 6.07) is 7.96. The van der Waals surface area contributed by atoms with Crippen LogP contribution >= 0.6 is 0 Å². The molecule has 2 aliphatic heterocycles. The van der Waals surface area contributed by atoms with Gasteiger partial charge in [-0.2, -0.15) is 0 Å². The summed E-state index contributed by atoms with van der Waals surface area (Å²) in [5.74, 6) is 1.07. The normalized spacial score (nSPS) is 20.3. The molecular weight excluding hydrogens is 330 g/mol. The van der Waals surface area contributed by atoms with Gasteiger partial charge in [-0.25, -0.2) is 4.79 Å². The van der Waals surface area contributed by atoms with Crippen LogP contribution < -0.4 is 10.1 Å². The van der Waals surface area contributed by atoms with E-state index in [1.807, 2.05) is 34.1 Å². The summed E-state index contributed by atoms with van der Waals surface area (Å²) >= 11 is 0. The lowest BCUT2D eigenvalue weighted by atomic mass is 9.99. The number of urea groups is 1. The second-order valence-corrected chi connectivity index (χ2v) is 7.12. The lowest BCUT2D eigenvalue weighted by Crippen LogP contribution is -2.49. The molecule has 0 radical (unpaired) electrons. The molecule has 6 heteroatoms. The maximum atomic E-state index is 12.7. The SMILES string of the molecule is COc1ccc(CNC(=O)N2CCCCC2CCN2CCCC2=O)cc1. The first-order valence-electron chi connectivity index (χ1n) is 9.62. The van der Waals surface area contributed by atoms with Crippen LogP contribution in [-0.4, -0.2) is 54.5 Å². The summed E-state index contributed by atoms with van der Waals surface area (Å²) in [7, 11) is 1.64. The third-order valence-electron chi connectivity index (χ3n) is 5.39. The monoisotopic (exact) mass is 359 g/mol. The fraction of sp³-hybridized carbons (Fsp3) is 0.600. The molecular formula is C20H29N3O3. The van der Waals surface area contributed by atoms with Gasteiger partial charge >= 0.3 is 6.03 Å². The fourth-order valence-corrected chi connectivity index (χ4v) is 3.84. The van der Waals surface area contributed by atoms with E-state index in [4.69, 9.17) is 4.74 Å². The third kappa shape index (κ3) is 4.68. The summed E-state index contributed by atoms with van der Waals surface area (Å²) in [5.41, 5.74) is 1.05. The Kier molecular flexibility index (Phi) is 6.36. The van der Waals surface area contributed by atoms with Crippen LogP contribution in [0.25, 0.3) is 0 Å². The van der Waals surface area contributed by atoms with Crippen LogP contribution in [0.3, 0.4) is 0 Å². The predicted octanol–water partition coefficient (Wildman–Crippen LogP) is 2.77. The van der Waals surface area contributed by atoms with E-state index in [9.17, 15) is 9.59 Å². The molecule has 0 aliphatic carbocycles. The predicted molar refractivity (Wildman–Crippen MR) is 100 cm³/mol. The number of piperidine rings is 1. The Morgan fingerprint density at radius 1 is 1.19 bits per heavy atom. The molecule has 1 aromatic rings. The Hall–Kier alpha value is -2.24. The molecule has 6 nitrogen and oxygen atoms in total. The van der Waals surface area contributed by atoms with Crippen molar-refractivity contribution in [2.24, 2.45) is 0 Å². The first-order valence-corrected chi connectivity index (χ1v) is 9.62. The van der Waals surface area contributed by atoms with Crippen molar-refractivity contribution in [3.63, 3.8) is 0 Å². The number of likely N-dealkylation sites (tertiary alicyclic amines) is 2. The zero-order valence-corrected chi connectivity index (χ0v) is 15.6. The van der Waals surface area contributed by atoms with E-state index in [0.717, 1.165) is 63.1 Å². The molecule has 142 valence electrons. The second-order valence-electron chi connectivity index (χ2n) is 7.12. The number of nitrogens with one attached hydrogen (secondary N) is 1. The molecule has 1 N–H and O–H groups in total. The van der Waals surface area contributed by atoms with E-state index in [1.165, 1.54) is 0 Å². The number of carbonyl (C=O) groups is 2. The molecule has 2 aliphatic rings.